The summed E-state index contributed by atoms with van der Waals surface area (Å²) in [6, 6.07) is 0. The Morgan fingerprint density at radius 2 is 1.31 bits per heavy atom. The molecule has 2 rings (SSSR count). The molecule has 2 heterocycles. The van der Waals surface area contributed by atoms with Crippen molar-refractivity contribution in [3.05, 3.63) is 0 Å². The summed E-state index contributed by atoms with van der Waals surface area (Å²) in [7, 11) is 2.68. The van der Waals surface area contributed by atoms with Gasteiger partial charge in [0.25, 0.3) is 0 Å². The lowest BCUT2D eigenvalue weighted by atomic mass is 9.57. The quantitative estimate of drug-likeness (QED) is 0.489. The number of rotatable bonds is 0. The minimum absolute atomic E-state index is 0.996. The first kappa shape index (κ1) is 9.61. The topological polar surface area (TPSA) is 0 Å². The Bertz CT molecular complexity index is 139. The number of hydrogen-bond donors (Lipinski definition) is 0. The van der Waals surface area contributed by atoms with E-state index >= 15 is 0 Å². The lowest BCUT2D eigenvalue weighted by Crippen LogP contribution is -2.05. The summed E-state index contributed by atoms with van der Waals surface area (Å²) in [6.07, 6.45) is 11.9. The Morgan fingerprint density at radius 3 is 1.85 bits per heavy atom. The van der Waals surface area contributed by atoms with Crippen molar-refractivity contribution in [2.75, 3.05) is 0 Å². The molecule has 2 fully saturated rings. The van der Waals surface area contributed by atoms with Crippen LogP contribution in [-0.2, 0) is 0 Å². The van der Waals surface area contributed by atoms with Crippen molar-refractivity contribution in [1.29, 1.82) is 0 Å². The van der Waals surface area contributed by atoms with Crippen LogP contribution in [-0.4, -0.2) is 7.28 Å². The molecule has 2 bridgehead atoms. The molecule has 2 unspecified atom stereocenters. The van der Waals surface area contributed by atoms with E-state index in [9.17, 15) is 0 Å². The van der Waals surface area contributed by atoms with Gasteiger partial charge in [-0.1, -0.05) is 69.9 Å². The minimum atomic E-state index is 0.996. The summed E-state index contributed by atoms with van der Waals surface area (Å²) in [6.45, 7) is 2.44. The molecule has 13 heavy (non-hydrogen) atoms. The van der Waals surface area contributed by atoms with Crippen LogP contribution in [0.2, 0.25) is 11.6 Å². The van der Waals surface area contributed by atoms with Gasteiger partial charge in [0.15, 0.2) is 0 Å². The summed E-state index contributed by atoms with van der Waals surface area (Å²) < 4.78 is 0. The van der Waals surface area contributed by atoms with Gasteiger partial charge < -0.3 is 0 Å². The van der Waals surface area contributed by atoms with Crippen molar-refractivity contribution in [3.63, 3.8) is 0 Å². The Hall–Kier alpha value is 0.0649. The highest BCUT2D eigenvalue weighted by Gasteiger charge is 2.26. The molecule has 0 saturated carbocycles. The summed E-state index contributed by atoms with van der Waals surface area (Å²) in [5.41, 5.74) is 0. The van der Waals surface area contributed by atoms with E-state index in [4.69, 9.17) is 0 Å². The van der Waals surface area contributed by atoms with E-state index in [1.54, 1.807) is 0 Å². The lowest BCUT2D eigenvalue weighted by Gasteiger charge is -2.16. The molecule has 0 aromatic heterocycles. The fourth-order valence-electron chi connectivity index (χ4n) is 3.09. The van der Waals surface area contributed by atoms with Crippen molar-refractivity contribution in [2.24, 2.45) is 5.92 Å². The average Bonchev–Trinajstić information content (AvgIpc) is 2.52. The van der Waals surface area contributed by atoms with E-state index < -0.39 is 0 Å². The molecule has 2 atom stereocenters. The molecule has 0 amide bonds. The van der Waals surface area contributed by atoms with Gasteiger partial charge in [-0.25, -0.2) is 0 Å². The van der Waals surface area contributed by atoms with Gasteiger partial charge in [0.2, 0.25) is 0 Å². The Morgan fingerprint density at radius 1 is 0.769 bits per heavy atom. The molecule has 2 aliphatic heterocycles. The SMILES string of the molecule is CC1CCCC2[B]C(CCC1)CC2. The van der Waals surface area contributed by atoms with Crippen LogP contribution in [0.25, 0.3) is 0 Å². The second-order valence-corrected chi connectivity index (χ2v) is 5.26. The molecule has 0 aliphatic carbocycles. The summed E-state index contributed by atoms with van der Waals surface area (Å²) in [4.78, 5) is 0. The largest absolute Gasteiger partial charge is 0.117 e. The van der Waals surface area contributed by atoms with Gasteiger partial charge in [0, 0.05) is 0 Å². The van der Waals surface area contributed by atoms with E-state index in [1.807, 2.05) is 0 Å². The summed E-state index contributed by atoms with van der Waals surface area (Å²) in [5.74, 6) is 2.99. The van der Waals surface area contributed by atoms with Gasteiger partial charge in [-0.3, -0.25) is 0 Å². The monoisotopic (exact) mass is 177 g/mol. The third kappa shape index (κ3) is 2.75. The normalized spacial score (nSPS) is 41.2. The predicted molar refractivity (Wildman–Crippen MR) is 59.4 cm³/mol. The molecule has 2 saturated heterocycles. The first-order chi connectivity index (χ1) is 6.34. The van der Waals surface area contributed by atoms with Gasteiger partial charge in [0.1, 0.15) is 7.28 Å². The van der Waals surface area contributed by atoms with Crippen molar-refractivity contribution < 1.29 is 0 Å². The Kier molecular flexibility index (Phi) is 3.35. The molecule has 1 radical (unpaired) electrons. The molecule has 73 valence electrons. The van der Waals surface area contributed by atoms with Crippen molar-refractivity contribution >= 4 is 7.28 Å². The Labute approximate surface area is 83.7 Å². The summed E-state index contributed by atoms with van der Waals surface area (Å²) in [5, 5.41) is 0. The van der Waals surface area contributed by atoms with Crippen LogP contribution in [0.3, 0.4) is 0 Å². The molecular formula is C12H22B. The zero-order chi connectivity index (χ0) is 9.10. The highest BCUT2D eigenvalue weighted by atomic mass is 14.2. The van der Waals surface area contributed by atoms with Crippen LogP contribution in [0, 0.1) is 5.92 Å². The molecule has 0 nitrogen and oxygen atoms in total. The van der Waals surface area contributed by atoms with Crippen molar-refractivity contribution in [2.45, 2.75) is 69.9 Å². The zero-order valence-electron chi connectivity index (χ0n) is 8.97. The molecule has 0 aromatic carbocycles. The van der Waals surface area contributed by atoms with Crippen LogP contribution in [0.15, 0.2) is 0 Å². The van der Waals surface area contributed by atoms with Crippen LogP contribution < -0.4 is 0 Å². The first-order valence-electron chi connectivity index (χ1n) is 6.19. The highest BCUT2D eigenvalue weighted by Crippen LogP contribution is 2.40. The van der Waals surface area contributed by atoms with Gasteiger partial charge in [-0.05, 0) is 5.92 Å². The molecule has 0 aromatic rings. The maximum Gasteiger partial charge on any atom is 0.117 e. The predicted octanol–water partition coefficient (Wildman–Crippen LogP) is 4.05. The highest BCUT2D eigenvalue weighted by molar-refractivity contribution is 6.40. The summed E-state index contributed by atoms with van der Waals surface area (Å²) >= 11 is 0. The van der Waals surface area contributed by atoms with Crippen LogP contribution in [0.4, 0.5) is 0 Å². The van der Waals surface area contributed by atoms with E-state index in [-0.39, 0.29) is 0 Å². The number of fused-ring (bicyclic) bond motifs is 2. The molecule has 0 N–H and O–H groups in total. The van der Waals surface area contributed by atoms with Crippen molar-refractivity contribution in [3.8, 4) is 0 Å². The second-order valence-electron chi connectivity index (χ2n) is 5.26. The lowest BCUT2D eigenvalue weighted by molar-refractivity contribution is 0.441. The van der Waals surface area contributed by atoms with Crippen LogP contribution >= 0.6 is 0 Å². The van der Waals surface area contributed by atoms with Gasteiger partial charge in [-0.2, -0.15) is 0 Å². The third-order valence-electron chi connectivity index (χ3n) is 4.00. The van der Waals surface area contributed by atoms with Gasteiger partial charge in [-0.15, -0.1) is 0 Å². The Balaban J connectivity index is 1.85. The van der Waals surface area contributed by atoms with Crippen LogP contribution in [0.1, 0.15) is 58.3 Å². The molecule has 0 spiro atoms. The van der Waals surface area contributed by atoms with Crippen molar-refractivity contribution in [1.82, 2.24) is 0 Å². The van der Waals surface area contributed by atoms with E-state index in [2.05, 4.69) is 14.2 Å². The fraction of sp³-hybridized carbons (Fsp3) is 1.00. The van der Waals surface area contributed by atoms with E-state index in [1.165, 1.54) is 51.4 Å². The van der Waals surface area contributed by atoms with Crippen LogP contribution in [0.5, 0.6) is 0 Å². The molecule has 2 aliphatic rings. The second kappa shape index (κ2) is 4.53. The maximum absolute atomic E-state index is 2.68. The van der Waals surface area contributed by atoms with E-state index in [0.717, 1.165) is 17.6 Å². The first-order valence-corrected chi connectivity index (χ1v) is 6.19. The smallest absolute Gasteiger partial charge is 0.0686 e. The van der Waals surface area contributed by atoms with Gasteiger partial charge in [0.05, 0.1) is 0 Å². The molecular weight excluding hydrogens is 155 g/mol. The van der Waals surface area contributed by atoms with Gasteiger partial charge >= 0.3 is 0 Å². The zero-order valence-corrected chi connectivity index (χ0v) is 8.97. The average molecular weight is 177 g/mol. The maximum atomic E-state index is 2.68. The fourth-order valence-corrected chi connectivity index (χ4v) is 3.09. The molecule has 1 heteroatoms. The number of hydrogen-bond acceptors (Lipinski definition) is 0. The third-order valence-corrected chi connectivity index (χ3v) is 4.00. The standard InChI is InChI=1S/C12H22B/c1-10-4-2-6-11-8-9-12(13-11)7-3-5-10/h10-12H,2-9H2,1H3. The van der Waals surface area contributed by atoms with E-state index in [0.29, 0.717) is 0 Å². The minimum Gasteiger partial charge on any atom is -0.0686 e.